The Balaban J connectivity index is 3.00. The van der Waals surface area contributed by atoms with E-state index in [-0.39, 0.29) is 0 Å². The zero-order valence-electron chi connectivity index (χ0n) is 25.7. The lowest BCUT2D eigenvalue weighted by Gasteiger charge is -2.05. The summed E-state index contributed by atoms with van der Waals surface area (Å²) < 4.78 is 0. The van der Waals surface area contributed by atoms with Crippen molar-refractivity contribution < 1.29 is 0 Å². The molecule has 0 aliphatic carbocycles. The van der Waals surface area contributed by atoms with Crippen molar-refractivity contribution in [3.63, 3.8) is 0 Å². The summed E-state index contributed by atoms with van der Waals surface area (Å²) in [6.07, 6.45) is 45.7. The highest BCUT2D eigenvalue weighted by Crippen LogP contribution is 2.16. The third kappa shape index (κ3) is 34.4. The van der Waals surface area contributed by atoms with Gasteiger partial charge in [0.1, 0.15) is 0 Å². The van der Waals surface area contributed by atoms with Crippen LogP contribution in [0.15, 0.2) is 0 Å². The van der Waals surface area contributed by atoms with E-state index in [9.17, 15) is 0 Å². The largest absolute Gasteiger partial charge is 0.162 e. The van der Waals surface area contributed by atoms with Crippen molar-refractivity contribution in [1.29, 1.82) is 0 Å². The molecule has 1 heteroatoms. The molecule has 0 fully saturated rings. The molecule has 0 saturated carbocycles. The fourth-order valence-electron chi connectivity index (χ4n) is 5.43. The molecule has 0 rings (SSSR count). The van der Waals surface area contributed by atoms with E-state index in [1.165, 1.54) is 211 Å². The summed E-state index contributed by atoms with van der Waals surface area (Å²) in [6, 6.07) is 0. The molecule has 0 atom stereocenters. The van der Waals surface area contributed by atoms with Gasteiger partial charge in [-0.15, -0.1) is 0 Å². The van der Waals surface area contributed by atoms with Gasteiger partial charge in [0.15, 0.2) is 0 Å². The van der Waals surface area contributed by atoms with E-state index >= 15 is 0 Å². The van der Waals surface area contributed by atoms with E-state index < -0.39 is 0 Å². The minimum Gasteiger partial charge on any atom is -0.162 e. The van der Waals surface area contributed by atoms with Gasteiger partial charge in [-0.25, -0.2) is 0 Å². The number of unbranched alkanes of at least 4 members (excludes halogenated alkanes) is 29. The molecule has 0 bridgehead atoms. The molecule has 0 amide bonds. The first kappa shape index (κ1) is 36.4. The summed E-state index contributed by atoms with van der Waals surface area (Å²) in [5.74, 6) is 2.83. The molecule has 0 aromatic heterocycles. The second-order valence-corrected chi connectivity index (χ2v) is 13.1. The second-order valence-electron chi connectivity index (χ2n) is 11.9. The van der Waals surface area contributed by atoms with Crippen LogP contribution in [0.5, 0.6) is 0 Å². The highest BCUT2D eigenvalue weighted by molar-refractivity contribution is 7.99. The van der Waals surface area contributed by atoms with Gasteiger partial charge < -0.3 is 0 Å². The zero-order chi connectivity index (χ0) is 26.0. The van der Waals surface area contributed by atoms with Gasteiger partial charge >= 0.3 is 0 Å². The van der Waals surface area contributed by atoms with Crippen LogP contribution >= 0.6 is 11.8 Å². The summed E-state index contributed by atoms with van der Waals surface area (Å²) >= 11 is 2.22. The summed E-state index contributed by atoms with van der Waals surface area (Å²) in [5, 5.41) is 0. The van der Waals surface area contributed by atoms with Crippen LogP contribution in [0, 0.1) is 0 Å². The molecule has 218 valence electrons. The third-order valence-electron chi connectivity index (χ3n) is 8.03. The maximum atomic E-state index is 2.31. The predicted molar refractivity (Wildman–Crippen MR) is 172 cm³/mol. The van der Waals surface area contributed by atoms with Crippen LogP contribution in [0.1, 0.15) is 213 Å². The molecular weight excluding hydrogens is 452 g/mol. The van der Waals surface area contributed by atoms with Crippen molar-refractivity contribution in [2.75, 3.05) is 11.5 Å². The average molecular weight is 525 g/mol. The predicted octanol–water partition coefficient (Wildman–Crippen LogP) is 13.9. The van der Waals surface area contributed by atoms with Crippen molar-refractivity contribution in [3.8, 4) is 0 Å². The van der Waals surface area contributed by atoms with Gasteiger partial charge in [-0.2, -0.15) is 11.8 Å². The van der Waals surface area contributed by atoms with Crippen LogP contribution in [0.4, 0.5) is 0 Å². The number of rotatable bonds is 33. The quantitative estimate of drug-likeness (QED) is 0.0769. The smallest absolute Gasteiger partial charge is 0.00675 e. The molecule has 0 heterocycles. The fraction of sp³-hybridized carbons (Fsp3) is 1.00. The molecule has 0 nitrogen and oxygen atoms in total. The minimum atomic E-state index is 1.37. The van der Waals surface area contributed by atoms with Gasteiger partial charge in [-0.3, -0.25) is 0 Å². The van der Waals surface area contributed by atoms with Crippen LogP contribution in [0.3, 0.4) is 0 Å². The first-order valence-corrected chi connectivity index (χ1v) is 18.6. The Morgan fingerprint density at radius 2 is 0.389 bits per heavy atom. The fourth-order valence-corrected chi connectivity index (χ4v) is 6.45. The Labute approximate surface area is 235 Å². The Bertz CT molecular complexity index is 319. The molecule has 0 aromatic carbocycles. The van der Waals surface area contributed by atoms with Crippen molar-refractivity contribution >= 4 is 11.8 Å². The first-order valence-electron chi connectivity index (χ1n) is 17.5. The molecular formula is C35H72S. The maximum absolute atomic E-state index is 2.31. The molecule has 0 radical (unpaired) electrons. The average Bonchev–Trinajstić information content (AvgIpc) is 2.89. The van der Waals surface area contributed by atoms with E-state index in [0.29, 0.717) is 0 Å². The molecule has 0 aromatic rings. The Kier molecular flexibility index (Phi) is 35.7. The van der Waals surface area contributed by atoms with Crippen molar-refractivity contribution in [1.82, 2.24) is 0 Å². The monoisotopic (exact) mass is 525 g/mol. The molecule has 0 aliphatic heterocycles. The lowest BCUT2D eigenvalue weighted by molar-refractivity contribution is 0.523. The summed E-state index contributed by atoms with van der Waals surface area (Å²) in [6.45, 7) is 4.61. The van der Waals surface area contributed by atoms with Gasteiger partial charge in [-0.05, 0) is 24.3 Å². The highest BCUT2D eigenvalue weighted by atomic mass is 32.2. The maximum Gasteiger partial charge on any atom is -0.00675 e. The van der Waals surface area contributed by atoms with Crippen LogP contribution in [0.25, 0.3) is 0 Å². The Morgan fingerprint density at radius 1 is 0.222 bits per heavy atom. The van der Waals surface area contributed by atoms with E-state index in [1.807, 2.05) is 0 Å². The van der Waals surface area contributed by atoms with E-state index in [4.69, 9.17) is 0 Å². The van der Waals surface area contributed by atoms with Crippen LogP contribution < -0.4 is 0 Å². The third-order valence-corrected chi connectivity index (χ3v) is 9.19. The van der Waals surface area contributed by atoms with Crippen molar-refractivity contribution in [2.24, 2.45) is 0 Å². The topological polar surface area (TPSA) is 0 Å². The number of hydrogen-bond donors (Lipinski definition) is 0. The van der Waals surface area contributed by atoms with Crippen LogP contribution in [0.2, 0.25) is 0 Å². The molecule has 0 spiro atoms. The zero-order valence-corrected chi connectivity index (χ0v) is 26.6. The van der Waals surface area contributed by atoms with E-state index in [1.54, 1.807) is 0 Å². The SMILES string of the molecule is CCCCCCCCCCCCCCCCCCCCCCSCCCCCCCCCCCCC. The standard InChI is InChI=1S/C35H72S/c1-3-5-7-9-11-13-15-16-17-18-19-20-21-22-23-25-27-29-31-33-35-36-34-32-30-28-26-24-14-12-10-8-6-4-2/h3-35H2,1-2H3. The van der Waals surface area contributed by atoms with Crippen molar-refractivity contribution in [3.05, 3.63) is 0 Å². The Hall–Kier alpha value is 0.350. The lowest BCUT2D eigenvalue weighted by atomic mass is 10.0. The van der Waals surface area contributed by atoms with Crippen molar-refractivity contribution in [2.45, 2.75) is 213 Å². The summed E-state index contributed by atoms with van der Waals surface area (Å²) in [7, 11) is 0. The molecule has 0 unspecified atom stereocenters. The van der Waals surface area contributed by atoms with Gasteiger partial charge in [0.05, 0.1) is 0 Å². The van der Waals surface area contributed by atoms with E-state index in [2.05, 4.69) is 25.6 Å². The first-order chi connectivity index (χ1) is 17.9. The summed E-state index contributed by atoms with van der Waals surface area (Å²) in [5.41, 5.74) is 0. The van der Waals surface area contributed by atoms with Gasteiger partial charge in [0.25, 0.3) is 0 Å². The lowest BCUT2D eigenvalue weighted by Crippen LogP contribution is -1.87. The Morgan fingerprint density at radius 3 is 0.583 bits per heavy atom. The van der Waals surface area contributed by atoms with E-state index in [0.717, 1.165) is 0 Å². The molecule has 0 saturated heterocycles. The van der Waals surface area contributed by atoms with Crippen LogP contribution in [-0.4, -0.2) is 11.5 Å². The number of thioether (sulfide) groups is 1. The van der Waals surface area contributed by atoms with Gasteiger partial charge in [0.2, 0.25) is 0 Å². The van der Waals surface area contributed by atoms with Crippen LogP contribution in [-0.2, 0) is 0 Å². The van der Waals surface area contributed by atoms with Gasteiger partial charge in [0, 0.05) is 0 Å². The normalized spacial score (nSPS) is 11.5. The summed E-state index contributed by atoms with van der Waals surface area (Å²) in [4.78, 5) is 0. The molecule has 0 N–H and O–H groups in total. The minimum absolute atomic E-state index is 1.37. The highest BCUT2D eigenvalue weighted by Gasteiger charge is 1.97. The second kappa shape index (κ2) is 35.4. The molecule has 0 aliphatic rings. The molecule has 36 heavy (non-hydrogen) atoms. The number of hydrogen-bond acceptors (Lipinski definition) is 1. The van der Waals surface area contributed by atoms with Gasteiger partial charge in [-0.1, -0.05) is 200 Å².